The van der Waals surface area contributed by atoms with Crippen LogP contribution in [-0.2, 0) is 17.8 Å². The number of fused-ring (bicyclic) bond motifs is 1. The van der Waals surface area contributed by atoms with Gasteiger partial charge in [-0.3, -0.25) is 9.48 Å². The molecule has 1 aliphatic carbocycles. The van der Waals surface area contributed by atoms with Gasteiger partial charge in [0.1, 0.15) is 6.54 Å². The van der Waals surface area contributed by atoms with Crippen LogP contribution in [0, 0.1) is 11.8 Å². The van der Waals surface area contributed by atoms with Crippen molar-refractivity contribution >= 4 is 5.91 Å². The molecule has 1 atom stereocenters. The van der Waals surface area contributed by atoms with Crippen LogP contribution in [0.15, 0.2) is 6.20 Å². The zero-order chi connectivity index (χ0) is 19.6. The van der Waals surface area contributed by atoms with Gasteiger partial charge in [0.25, 0.3) is 0 Å². The molecule has 1 fully saturated rings. The molecule has 152 valence electrons. The first kappa shape index (κ1) is 20.2. The van der Waals surface area contributed by atoms with Gasteiger partial charge in [-0.1, -0.05) is 13.8 Å². The number of hydrogen-bond donors (Lipinski definition) is 1. The minimum Gasteiger partial charge on any atom is -0.347 e. The van der Waals surface area contributed by atoms with Crippen molar-refractivity contribution in [1.29, 1.82) is 0 Å². The molecular formula is C19H29F3N4O. The van der Waals surface area contributed by atoms with E-state index in [1.54, 1.807) is 0 Å². The summed E-state index contributed by atoms with van der Waals surface area (Å²) in [7, 11) is 0. The highest BCUT2D eigenvalue weighted by Crippen LogP contribution is 2.30. The fourth-order valence-corrected chi connectivity index (χ4v) is 4.19. The Morgan fingerprint density at radius 1 is 1.30 bits per heavy atom. The Morgan fingerprint density at radius 3 is 2.63 bits per heavy atom. The predicted octanol–water partition coefficient (Wildman–Crippen LogP) is 3.31. The van der Waals surface area contributed by atoms with Crippen molar-refractivity contribution in [3.8, 4) is 0 Å². The van der Waals surface area contributed by atoms with Crippen LogP contribution >= 0.6 is 0 Å². The number of likely N-dealkylation sites (tertiary alicyclic amines) is 1. The van der Waals surface area contributed by atoms with Crippen LogP contribution in [0.4, 0.5) is 13.2 Å². The van der Waals surface area contributed by atoms with E-state index in [2.05, 4.69) is 29.2 Å². The maximum Gasteiger partial charge on any atom is 0.408 e. The Kier molecular flexibility index (Phi) is 6.13. The van der Waals surface area contributed by atoms with Gasteiger partial charge < -0.3 is 10.2 Å². The summed E-state index contributed by atoms with van der Waals surface area (Å²) in [5.41, 5.74) is 1.43. The Hall–Kier alpha value is -1.57. The Morgan fingerprint density at radius 2 is 2.00 bits per heavy atom. The first-order chi connectivity index (χ1) is 12.7. The molecule has 0 bridgehead atoms. The van der Waals surface area contributed by atoms with Gasteiger partial charge in [-0.25, -0.2) is 0 Å². The molecule has 1 aliphatic heterocycles. The summed E-state index contributed by atoms with van der Waals surface area (Å²) >= 11 is 0. The molecule has 3 rings (SSSR count). The van der Waals surface area contributed by atoms with Crippen LogP contribution in [0.1, 0.15) is 56.8 Å². The number of alkyl halides is 3. The molecule has 1 aromatic heterocycles. The minimum atomic E-state index is -4.29. The number of amides is 1. The van der Waals surface area contributed by atoms with E-state index in [9.17, 15) is 18.0 Å². The van der Waals surface area contributed by atoms with E-state index in [1.165, 1.54) is 6.20 Å². The highest BCUT2D eigenvalue weighted by Gasteiger charge is 2.33. The monoisotopic (exact) mass is 386 g/mol. The van der Waals surface area contributed by atoms with E-state index >= 15 is 0 Å². The number of carbonyl (C=O) groups excluding carboxylic acids is 1. The second-order valence-electron chi connectivity index (χ2n) is 8.27. The number of nitrogens with zero attached hydrogens (tertiary/aromatic N) is 3. The summed E-state index contributed by atoms with van der Waals surface area (Å²) in [6, 6.07) is -0.274. The van der Waals surface area contributed by atoms with Crippen molar-refractivity contribution in [2.45, 2.75) is 64.7 Å². The first-order valence-electron chi connectivity index (χ1n) is 9.87. The lowest BCUT2D eigenvalue weighted by Crippen LogP contribution is -2.43. The number of halogens is 3. The summed E-state index contributed by atoms with van der Waals surface area (Å²) < 4.78 is 38.9. The zero-order valence-corrected chi connectivity index (χ0v) is 16.1. The van der Waals surface area contributed by atoms with E-state index in [1.807, 2.05) is 0 Å². The molecule has 2 aliphatic rings. The number of aryl methyl sites for hydroxylation is 1. The molecule has 0 spiro atoms. The van der Waals surface area contributed by atoms with Gasteiger partial charge >= 0.3 is 6.18 Å². The third-order valence-electron chi connectivity index (χ3n) is 5.38. The lowest BCUT2D eigenvalue weighted by molar-refractivity contribution is -0.142. The van der Waals surface area contributed by atoms with Gasteiger partial charge in [0.05, 0.1) is 11.7 Å². The van der Waals surface area contributed by atoms with Crippen molar-refractivity contribution in [3.63, 3.8) is 0 Å². The average Bonchev–Trinajstić information content (AvgIpc) is 2.96. The third kappa shape index (κ3) is 5.46. The third-order valence-corrected chi connectivity index (χ3v) is 5.38. The molecule has 0 saturated carbocycles. The molecular weight excluding hydrogens is 357 g/mol. The maximum atomic E-state index is 12.7. The second kappa shape index (κ2) is 8.20. The number of rotatable bonds is 5. The quantitative estimate of drug-likeness (QED) is 0.845. The Bertz CT molecular complexity index is 648. The van der Waals surface area contributed by atoms with Crippen LogP contribution in [-0.4, -0.2) is 46.4 Å². The van der Waals surface area contributed by atoms with E-state index in [4.69, 9.17) is 0 Å². The van der Waals surface area contributed by atoms with Crippen LogP contribution in [0.2, 0.25) is 0 Å². The van der Waals surface area contributed by atoms with Gasteiger partial charge in [0.15, 0.2) is 0 Å². The average molecular weight is 386 g/mol. The summed E-state index contributed by atoms with van der Waals surface area (Å²) in [5.74, 6) is 0.612. The van der Waals surface area contributed by atoms with Gasteiger partial charge in [0.2, 0.25) is 5.91 Å². The zero-order valence-electron chi connectivity index (χ0n) is 16.1. The fourth-order valence-electron chi connectivity index (χ4n) is 4.19. The van der Waals surface area contributed by atoms with Crippen molar-refractivity contribution in [2.24, 2.45) is 11.8 Å². The minimum absolute atomic E-state index is 0.0161. The van der Waals surface area contributed by atoms with Gasteiger partial charge in [-0.15, -0.1) is 0 Å². The first-order valence-corrected chi connectivity index (χ1v) is 9.87. The van der Waals surface area contributed by atoms with Crippen LogP contribution < -0.4 is 5.32 Å². The summed E-state index contributed by atoms with van der Waals surface area (Å²) in [6.45, 7) is 6.19. The van der Waals surface area contributed by atoms with Crippen molar-refractivity contribution < 1.29 is 18.0 Å². The molecule has 1 unspecified atom stereocenters. The molecule has 1 aromatic rings. The number of carbonyl (C=O) groups is 1. The van der Waals surface area contributed by atoms with Crippen molar-refractivity contribution in [1.82, 2.24) is 20.0 Å². The topological polar surface area (TPSA) is 50.2 Å². The molecule has 1 amide bonds. The molecule has 0 radical (unpaired) electrons. The van der Waals surface area contributed by atoms with Gasteiger partial charge in [-0.2, -0.15) is 18.3 Å². The molecule has 0 aromatic carbocycles. The van der Waals surface area contributed by atoms with E-state index in [-0.39, 0.29) is 17.9 Å². The van der Waals surface area contributed by atoms with Crippen molar-refractivity contribution in [2.75, 3.05) is 19.6 Å². The summed E-state index contributed by atoms with van der Waals surface area (Å²) in [6.07, 6.45) is 1.15. The highest BCUT2D eigenvalue weighted by atomic mass is 19.4. The van der Waals surface area contributed by atoms with Crippen molar-refractivity contribution in [3.05, 3.63) is 17.5 Å². The van der Waals surface area contributed by atoms with E-state index < -0.39 is 12.7 Å². The van der Waals surface area contributed by atoms with E-state index in [0.29, 0.717) is 18.0 Å². The molecule has 1 saturated heterocycles. The number of piperidine rings is 1. The Balaban J connectivity index is 1.58. The van der Waals surface area contributed by atoms with E-state index in [0.717, 1.165) is 55.6 Å². The maximum absolute atomic E-state index is 12.7. The lowest BCUT2D eigenvalue weighted by atomic mass is 9.91. The largest absolute Gasteiger partial charge is 0.408 e. The standard InChI is InChI=1S/C19H29F3N4O/c1-13(2)10-25-8-6-14(7-9-25)18(27)23-16-5-3-4-15-11-26(24-17(15)16)12-19(20,21)22/h11,13-14,16H,3-10,12H2,1-2H3,(H,23,27). The summed E-state index contributed by atoms with van der Waals surface area (Å²) in [4.78, 5) is 15.1. The van der Waals surface area contributed by atoms with Gasteiger partial charge in [-0.05, 0) is 56.7 Å². The fraction of sp³-hybridized carbons (Fsp3) is 0.789. The molecule has 8 heteroatoms. The van der Waals surface area contributed by atoms with Crippen LogP contribution in [0.5, 0.6) is 0 Å². The Labute approximate surface area is 158 Å². The number of nitrogens with one attached hydrogen (secondary N) is 1. The highest BCUT2D eigenvalue weighted by molar-refractivity contribution is 5.79. The normalized spacial score (nSPS) is 22.1. The number of hydrogen-bond acceptors (Lipinski definition) is 3. The molecule has 1 N–H and O–H groups in total. The van der Waals surface area contributed by atoms with Crippen LogP contribution in [0.25, 0.3) is 0 Å². The number of aromatic nitrogens is 2. The summed E-state index contributed by atoms with van der Waals surface area (Å²) in [5, 5.41) is 7.20. The SMILES string of the molecule is CC(C)CN1CCC(C(=O)NC2CCCc3cn(CC(F)(F)F)nc32)CC1. The lowest BCUT2D eigenvalue weighted by Gasteiger charge is -2.33. The van der Waals surface area contributed by atoms with Gasteiger partial charge in [0, 0.05) is 18.7 Å². The van der Waals surface area contributed by atoms with Crippen LogP contribution in [0.3, 0.4) is 0 Å². The molecule has 27 heavy (non-hydrogen) atoms. The molecule has 2 heterocycles. The smallest absolute Gasteiger partial charge is 0.347 e. The second-order valence-corrected chi connectivity index (χ2v) is 8.27. The predicted molar refractivity (Wildman–Crippen MR) is 96.1 cm³/mol. The molecule has 5 nitrogen and oxygen atoms in total.